The van der Waals surface area contributed by atoms with Gasteiger partial charge in [-0.1, -0.05) is 18.2 Å². The summed E-state index contributed by atoms with van der Waals surface area (Å²) in [6, 6.07) is 15.2. The van der Waals surface area contributed by atoms with Crippen LogP contribution in [0.5, 0.6) is 5.75 Å². The Bertz CT molecular complexity index is 1110. The maximum atomic E-state index is 14.1. The van der Waals surface area contributed by atoms with Crippen molar-refractivity contribution in [3.63, 3.8) is 0 Å². The van der Waals surface area contributed by atoms with E-state index in [4.69, 9.17) is 9.15 Å². The van der Waals surface area contributed by atoms with E-state index in [0.29, 0.717) is 43.4 Å². The zero-order valence-electron chi connectivity index (χ0n) is 16.3. The third-order valence-corrected chi connectivity index (χ3v) is 4.99. The summed E-state index contributed by atoms with van der Waals surface area (Å²) in [5, 5.41) is 9.45. The molecule has 2 aromatic carbocycles. The predicted octanol–water partition coefficient (Wildman–Crippen LogP) is 3.32. The fraction of sp³-hybridized carbons (Fsp3) is 0.227. The molecule has 152 valence electrons. The molecule has 0 aliphatic carbocycles. The maximum Gasteiger partial charge on any atom is 0.254 e. The number of ether oxygens (including phenoxy) is 1. The van der Waals surface area contributed by atoms with Gasteiger partial charge in [0.1, 0.15) is 17.6 Å². The molecule has 0 N–H and O–H groups in total. The molecule has 1 amide bonds. The van der Waals surface area contributed by atoms with Crippen LogP contribution in [0.2, 0.25) is 0 Å². The number of anilines is 1. The Kier molecular flexibility index (Phi) is 5.35. The molecule has 0 radical (unpaired) electrons. The van der Waals surface area contributed by atoms with Gasteiger partial charge < -0.3 is 19.0 Å². The first-order chi connectivity index (χ1) is 14.6. The second kappa shape index (κ2) is 8.25. The molecule has 0 atom stereocenters. The van der Waals surface area contributed by atoms with E-state index in [0.717, 1.165) is 0 Å². The van der Waals surface area contributed by atoms with Crippen LogP contribution in [0.4, 0.5) is 10.3 Å². The molecule has 30 heavy (non-hydrogen) atoms. The molecule has 8 heteroatoms. The number of hydrogen-bond donors (Lipinski definition) is 0. The number of benzene rings is 2. The zero-order valence-corrected chi connectivity index (χ0v) is 16.3. The van der Waals surface area contributed by atoms with Crippen molar-refractivity contribution >= 4 is 11.8 Å². The predicted molar refractivity (Wildman–Crippen MR) is 108 cm³/mol. The topological polar surface area (TPSA) is 82.6 Å². The molecule has 1 saturated heterocycles. The first kappa shape index (κ1) is 19.5. The highest BCUT2D eigenvalue weighted by molar-refractivity contribution is 5.94. The normalized spacial score (nSPS) is 13.8. The second-order valence-corrected chi connectivity index (χ2v) is 6.78. The summed E-state index contributed by atoms with van der Waals surface area (Å²) in [6.45, 7) is 1.85. The Morgan fingerprint density at radius 2 is 1.93 bits per heavy atom. The number of halogens is 1. The highest BCUT2D eigenvalue weighted by Gasteiger charge is 2.27. The van der Waals surface area contributed by atoms with Crippen LogP contribution in [0.25, 0.3) is 11.5 Å². The van der Waals surface area contributed by atoms with E-state index in [9.17, 15) is 14.4 Å². The van der Waals surface area contributed by atoms with E-state index in [1.807, 2.05) is 11.0 Å². The molecule has 0 spiro atoms. The minimum atomic E-state index is -0.469. The number of carbonyl (C=O) groups excluding carboxylic acids is 1. The van der Waals surface area contributed by atoms with Gasteiger partial charge >= 0.3 is 0 Å². The Morgan fingerprint density at radius 3 is 2.63 bits per heavy atom. The summed E-state index contributed by atoms with van der Waals surface area (Å²) in [4.78, 5) is 20.5. The Balaban J connectivity index is 1.50. The number of oxazole rings is 1. The van der Waals surface area contributed by atoms with Crippen molar-refractivity contribution < 1.29 is 18.3 Å². The lowest BCUT2D eigenvalue weighted by atomic mass is 10.1. The van der Waals surface area contributed by atoms with Gasteiger partial charge in [0.15, 0.2) is 0 Å². The van der Waals surface area contributed by atoms with Gasteiger partial charge in [-0.15, -0.1) is 0 Å². The van der Waals surface area contributed by atoms with E-state index in [1.165, 1.54) is 6.07 Å². The first-order valence-corrected chi connectivity index (χ1v) is 9.45. The third-order valence-electron chi connectivity index (χ3n) is 4.99. The standard InChI is InChI=1S/C22H19FN4O3/c1-29-16-6-4-5-15(13-16)21(28)26-9-11-27(12-10-26)22-19(14-24)25-20(30-22)17-7-2-3-8-18(17)23/h2-8,13H,9-12H2,1H3. The van der Waals surface area contributed by atoms with Gasteiger partial charge in [-0.05, 0) is 30.3 Å². The smallest absolute Gasteiger partial charge is 0.254 e. The lowest BCUT2D eigenvalue weighted by Crippen LogP contribution is -2.48. The average molecular weight is 406 g/mol. The highest BCUT2D eigenvalue weighted by Crippen LogP contribution is 2.30. The van der Waals surface area contributed by atoms with Crippen molar-refractivity contribution in [2.24, 2.45) is 0 Å². The highest BCUT2D eigenvalue weighted by atomic mass is 19.1. The third kappa shape index (κ3) is 3.70. The van der Waals surface area contributed by atoms with Crippen LogP contribution in [-0.2, 0) is 0 Å². The van der Waals surface area contributed by atoms with Crippen LogP contribution in [0.1, 0.15) is 16.1 Å². The second-order valence-electron chi connectivity index (χ2n) is 6.78. The number of rotatable bonds is 4. The van der Waals surface area contributed by atoms with Crippen LogP contribution in [0, 0.1) is 17.1 Å². The van der Waals surface area contributed by atoms with Crippen molar-refractivity contribution in [1.29, 1.82) is 5.26 Å². The molecule has 7 nitrogen and oxygen atoms in total. The molecule has 0 unspecified atom stereocenters. The van der Waals surface area contributed by atoms with E-state index in [-0.39, 0.29) is 23.1 Å². The van der Waals surface area contributed by atoms with E-state index < -0.39 is 5.82 Å². The molecule has 4 rings (SSSR count). The fourth-order valence-corrected chi connectivity index (χ4v) is 3.40. The number of piperazine rings is 1. The Hall–Kier alpha value is -3.86. The first-order valence-electron chi connectivity index (χ1n) is 9.45. The van der Waals surface area contributed by atoms with Crippen LogP contribution in [0.3, 0.4) is 0 Å². The Labute approximate surface area is 172 Å². The number of aromatic nitrogens is 1. The summed E-state index contributed by atoms with van der Waals surface area (Å²) in [5.41, 5.74) is 0.856. The van der Waals surface area contributed by atoms with Crippen LogP contribution < -0.4 is 9.64 Å². The summed E-state index contributed by atoms with van der Waals surface area (Å²) < 4.78 is 25.0. The zero-order chi connectivity index (χ0) is 21.1. The number of nitriles is 1. The number of methoxy groups -OCH3 is 1. The minimum absolute atomic E-state index is 0.0644. The van der Waals surface area contributed by atoms with Gasteiger partial charge in [0.05, 0.1) is 12.7 Å². The van der Waals surface area contributed by atoms with Crippen LogP contribution in [-0.4, -0.2) is 49.1 Å². The number of nitrogens with zero attached hydrogens (tertiary/aromatic N) is 4. The van der Waals surface area contributed by atoms with Crippen molar-refractivity contribution in [2.75, 3.05) is 38.2 Å². The van der Waals surface area contributed by atoms with Gasteiger partial charge in [-0.25, -0.2) is 4.39 Å². The Morgan fingerprint density at radius 1 is 1.17 bits per heavy atom. The van der Waals surface area contributed by atoms with Gasteiger partial charge in [0.2, 0.25) is 17.5 Å². The van der Waals surface area contributed by atoms with Crippen molar-refractivity contribution in [1.82, 2.24) is 9.88 Å². The molecule has 0 saturated carbocycles. The molecule has 2 heterocycles. The van der Waals surface area contributed by atoms with Crippen LogP contribution >= 0.6 is 0 Å². The fourth-order valence-electron chi connectivity index (χ4n) is 3.40. The van der Waals surface area contributed by atoms with Crippen LogP contribution in [0.15, 0.2) is 52.9 Å². The van der Waals surface area contributed by atoms with Crippen molar-refractivity contribution in [2.45, 2.75) is 0 Å². The molecule has 1 fully saturated rings. The maximum absolute atomic E-state index is 14.1. The number of carbonyl (C=O) groups is 1. The number of hydrogen-bond acceptors (Lipinski definition) is 6. The largest absolute Gasteiger partial charge is 0.497 e. The molecule has 0 bridgehead atoms. The van der Waals surface area contributed by atoms with Gasteiger partial charge in [0, 0.05) is 31.7 Å². The van der Waals surface area contributed by atoms with E-state index in [2.05, 4.69) is 4.98 Å². The molecule has 1 aromatic heterocycles. The summed E-state index contributed by atoms with van der Waals surface area (Å²) in [7, 11) is 1.56. The summed E-state index contributed by atoms with van der Waals surface area (Å²) in [6.07, 6.45) is 0. The monoisotopic (exact) mass is 406 g/mol. The van der Waals surface area contributed by atoms with Crippen molar-refractivity contribution in [3.05, 3.63) is 65.6 Å². The van der Waals surface area contributed by atoms with E-state index in [1.54, 1.807) is 54.5 Å². The van der Waals surface area contributed by atoms with Crippen molar-refractivity contribution in [3.8, 4) is 23.3 Å². The van der Waals surface area contributed by atoms with Gasteiger partial charge in [-0.2, -0.15) is 10.2 Å². The summed E-state index contributed by atoms with van der Waals surface area (Å²) >= 11 is 0. The van der Waals surface area contributed by atoms with E-state index >= 15 is 0 Å². The average Bonchev–Trinajstić information content (AvgIpc) is 3.23. The molecule has 3 aromatic rings. The molecular formula is C22H19FN4O3. The van der Waals surface area contributed by atoms with Gasteiger partial charge in [-0.3, -0.25) is 4.79 Å². The van der Waals surface area contributed by atoms with Gasteiger partial charge in [0.25, 0.3) is 5.91 Å². The molecule has 1 aliphatic heterocycles. The molecular weight excluding hydrogens is 387 g/mol. The quantitative estimate of drug-likeness (QED) is 0.661. The lowest BCUT2D eigenvalue weighted by molar-refractivity contribution is 0.0745. The minimum Gasteiger partial charge on any atom is -0.497 e. The SMILES string of the molecule is COc1cccc(C(=O)N2CCN(c3oc(-c4ccccc4F)nc3C#N)CC2)c1. The molecule has 1 aliphatic rings. The number of amides is 1. The lowest BCUT2D eigenvalue weighted by Gasteiger charge is -2.34. The summed E-state index contributed by atoms with van der Waals surface area (Å²) in [5.74, 6) is 0.432.